The van der Waals surface area contributed by atoms with Gasteiger partial charge in [-0.05, 0) is 18.6 Å². The van der Waals surface area contributed by atoms with Crippen LogP contribution >= 0.6 is 0 Å². The van der Waals surface area contributed by atoms with Gasteiger partial charge in [0.2, 0.25) is 0 Å². The van der Waals surface area contributed by atoms with Gasteiger partial charge in [0.25, 0.3) is 0 Å². The molecule has 0 spiro atoms. The quantitative estimate of drug-likeness (QED) is 0.226. The number of rotatable bonds is 16. The Hall–Kier alpha value is -1.11. The first-order valence-electron chi connectivity index (χ1n) is 10.8. The SMILES string of the molecule is CCCCCCCCCCCCCCCCOc1ccccc1.O=S(=O)(O)O. The van der Waals surface area contributed by atoms with E-state index in [0.717, 1.165) is 12.4 Å². The number of hydrogen-bond acceptors (Lipinski definition) is 3. The minimum atomic E-state index is -4.67. The Balaban J connectivity index is 0.00000129. The van der Waals surface area contributed by atoms with Crippen molar-refractivity contribution < 1.29 is 22.3 Å². The molecule has 1 rings (SSSR count). The van der Waals surface area contributed by atoms with Gasteiger partial charge in [0.05, 0.1) is 6.61 Å². The first-order valence-corrected chi connectivity index (χ1v) is 12.2. The van der Waals surface area contributed by atoms with E-state index in [1.165, 1.54) is 89.9 Å². The van der Waals surface area contributed by atoms with Gasteiger partial charge in [-0.1, -0.05) is 109 Å². The van der Waals surface area contributed by atoms with E-state index in [1.807, 2.05) is 30.3 Å². The molecule has 0 saturated heterocycles. The van der Waals surface area contributed by atoms with Crippen molar-refractivity contribution in [2.45, 2.75) is 96.8 Å². The van der Waals surface area contributed by atoms with Crippen LogP contribution in [0.5, 0.6) is 5.75 Å². The highest BCUT2D eigenvalue weighted by Crippen LogP contribution is 2.13. The van der Waals surface area contributed by atoms with Gasteiger partial charge in [-0.2, -0.15) is 8.42 Å². The van der Waals surface area contributed by atoms with Gasteiger partial charge in [-0.15, -0.1) is 0 Å². The zero-order valence-corrected chi connectivity index (χ0v) is 18.3. The van der Waals surface area contributed by atoms with Gasteiger partial charge >= 0.3 is 10.4 Å². The molecule has 0 radical (unpaired) electrons. The molecule has 0 atom stereocenters. The fraction of sp³-hybridized carbons (Fsp3) is 0.727. The third kappa shape index (κ3) is 24.9. The number of benzene rings is 1. The van der Waals surface area contributed by atoms with E-state index in [9.17, 15) is 0 Å². The summed E-state index contributed by atoms with van der Waals surface area (Å²) in [5.41, 5.74) is 0. The molecule has 0 bridgehead atoms. The molecule has 0 amide bonds. The summed E-state index contributed by atoms with van der Waals surface area (Å²) in [6.45, 7) is 3.15. The predicted molar refractivity (Wildman–Crippen MR) is 116 cm³/mol. The van der Waals surface area contributed by atoms with E-state index in [2.05, 4.69) is 6.92 Å². The lowest BCUT2D eigenvalue weighted by Crippen LogP contribution is -1.96. The molecular formula is C22H40O5S. The van der Waals surface area contributed by atoms with E-state index in [0.29, 0.717) is 0 Å². The lowest BCUT2D eigenvalue weighted by molar-refractivity contribution is 0.304. The topological polar surface area (TPSA) is 83.8 Å². The van der Waals surface area contributed by atoms with Crippen LogP contribution < -0.4 is 4.74 Å². The lowest BCUT2D eigenvalue weighted by atomic mass is 10.0. The summed E-state index contributed by atoms with van der Waals surface area (Å²) in [6.07, 6.45) is 19.7. The highest BCUT2D eigenvalue weighted by Gasteiger charge is 1.95. The maximum atomic E-state index is 8.74. The molecule has 2 N–H and O–H groups in total. The Bertz CT molecular complexity index is 523. The lowest BCUT2D eigenvalue weighted by Gasteiger charge is -2.06. The van der Waals surface area contributed by atoms with Crippen LogP contribution in [0.3, 0.4) is 0 Å². The predicted octanol–water partition coefficient (Wildman–Crippen LogP) is 6.89. The molecule has 0 saturated carbocycles. The van der Waals surface area contributed by atoms with Crippen LogP contribution in [0.4, 0.5) is 0 Å². The summed E-state index contributed by atoms with van der Waals surface area (Å²) in [7, 11) is -4.67. The van der Waals surface area contributed by atoms with Crippen molar-refractivity contribution in [3.05, 3.63) is 30.3 Å². The fourth-order valence-corrected chi connectivity index (χ4v) is 3.00. The van der Waals surface area contributed by atoms with Gasteiger partial charge < -0.3 is 4.74 Å². The highest BCUT2D eigenvalue weighted by atomic mass is 32.3. The summed E-state index contributed by atoms with van der Waals surface area (Å²) in [4.78, 5) is 0. The van der Waals surface area contributed by atoms with Crippen molar-refractivity contribution in [1.82, 2.24) is 0 Å². The summed E-state index contributed by atoms with van der Waals surface area (Å²) < 4.78 is 37.3. The Labute approximate surface area is 172 Å². The van der Waals surface area contributed by atoms with Crippen molar-refractivity contribution in [1.29, 1.82) is 0 Å². The second-order valence-corrected chi connectivity index (χ2v) is 8.10. The van der Waals surface area contributed by atoms with Crippen LogP contribution in [0.25, 0.3) is 0 Å². The largest absolute Gasteiger partial charge is 0.494 e. The number of hydrogen-bond donors (Lipinski definition) is 2. The Morgan fingerprint density at radius 2 is 1.04 bits per heavy atom. The van der Waals surface area contributed by atoms with Crippen LogP contribution in [-0.4, -0.2) is 24.1 Å². The highest BCUT2D eigenvalue weighted by molar-refractivity contribution is 7.79. The van der Waals surface area contributed by atoms with Gasteiger partial charge in [-0.25, -0.2) is 0 Å². The summed E-state index contributed by atoms with van der Waals surface area (Å²) in [5, 5.41) is 0. The molecule has 0 fully saturated rings. The summed E-state index contributed by atoms with van der Waals surface area (Å²) in [5.74, 6) is 1.00. The second-order valence-electron chi connectivity index (χ2n) is 7.21. The molecular weight excluding hydrogens is 376 g/mol. The Morgan fingerprint density at radius 3 is 1.43 bits per heavy atom. The van der Waals surface area contributed by atoms with Gasteiger partial charge in [-0.3, -0.25) is 9.11 Å². The maximum Gasteiger partial charge on any atom is 0.394 e. The van der Waals surface area contributed by atoms with E-state index in [4.69, 9.17) is 22.3 Å². The maximum absolute atomic E-state index is 8.74. The van der Waals surface area contributed by atoms with Crippen LogP contribution in [0, 0.1) is 0 Å². The minimum absolute atomic E-state index is 0.863. The normalized spacial score (nSPS) is 11.0. The van der Waals surface area contributed by atoms with Crippen LogP contribution in [-0.2, 0) is 10.4 Å². The number of para-hydroxylation sites is 1. The molecule has 6 heteroatoms. The summed E-state index contributed by atoms with van der Waals surface area (Å²) in [6, 6.07) is 10.1. The monoisotopic (exact) mass is 416 g/mol. The molecule has 1 aromatic carbocycles. The first kappa shape index (κ1) is 26.9. The molecule has 164 valence electrons. The molecule has 0 aromatic heterocycles. The Kier molecular flexibility index (Phi) is 18.5. The van der Waals surface area contributed by atoms with Crippen molar-refractivity contribution >= 4 is 10.4 Å². The zero-order valence-electron chi connectivity index (χ0n) is 17.5. The molecule has 0 heterocycles. The average molecular weight is 417 g/mol. The zero-order chi connectivity index (χ0) is 20.9. The molecule has 28 heavy (non-hydrogen) atoms. The third-order valence-corrected chi connectivity index (χ3v) is 4.51. The molecule has 0 unspecified atom stereocenters. The standard InChI is InChI=1S/C22H38O.H2O4S/c1-2-3-4-5-6-7-8-9-10-11-12-13-14-18-21-23-22-19-16-15-17-20-22;1-5(2,3)4/h15-17,19-20H,2-14,18,21H2,1H3;(H2,1,2,3,4). The summed E-state index contributed by atoms with van der Waals surface area (Å²) >= 11 is 0. The van der Waals surface area contributed by atoms with Gasteiger partial charge in [0.1, 0.15) is 5.75 Å². The first-order chi connectivity index (χ1) is 13.4. The van der Waals surface area contributed by atoms with E-state index >= 15 is 0 Å². The van der Waals surface area contributed by atoms with Crippen molar-refractivity contribution in [3.63, 3.8) is 0 Å². The molecule has 0 aliphatic rings. The number of ether oxygens (including phenoxy) is 1. The van der Waals surface area contributed by atoms with E-state index in [1.54, 1.807) is 0 Å². The average Bonchev–Trinajstić information content (AvgIpc) is 2.64. The number of unbranched alkanes of at least 4 members (excludes halogenated alkanes) is 13. The molecule has 5 nitrogen and oxygen atoms in total. The second kappa shape index (κ2) is 19.2. The molecule has 0 aliphatic heterocycles. The fourth-order valence-electron chi connectivity index (χ4n) is 3.00. The van der Waals surface area contributed by atoms with E-state index in [-0.39, 0.29) is 0 Å². The van der Waals surface area contributed by atoms with Crippen molar-refractivity contribution in [3.8, 4) is 5.75 Å². The van der Waals surface area contributed by atoms with Gasteiger partial charge in [0.15, 0.2) is 0 Å². The molecule has 0 aliphatic carbocycles. The van der Waals surface area contributed by atoms with Crippen molar-refractivity contribution in [2.24, 2.45) is 0 Å². The van der Waals surface area contributed by atoms with Crippen LogP contribution in [0.2, 0.25) is 0 Å². The van der Waals surface area contributed by atoms with E-state index < -0.39 is 10.4 Å². The molecule has 1 aromatic rings. The van der Waals surface area contributed by atoms with Gasteiger partial charge in [0, 0.05) is 0 Å². The Morgan fingerprint density at radius 1 is 0.679 bits per heavy atom. The smallest absolute Gasteiger partial charge is 0.394 e. The third-order valence-electron chi connectivity index (χ3n) is 4.51. The van der Waals surface area contributed by atoms with Crippen LogP contribution in [0.15, 0.2) is 30.3 Å². The van der Waals surface area contributed by atoms with Crippen LogP contribution in [0.1, 0.15) is 96.8 Å². The van der Waals surface area contributed by atoms with Crippen molar-refractivity contribution in [2.75, 3.05) is 6.61 Å². The minimum Gasteiger partial charge on any atom is -0.494 e.